The van der Waals surface area contributed by atoms with Crippen LogP contribution in [-0.4, -0.2) is 58.6 Å². The van der Waals surface area contributed by atoms with Crippen molar-refractivity contribution in [1.29, 1.82) is 0 Å². The van der Waals surface area contributed by atoms with Crippen LogP contribution in [0.15, 0.2) is 47.6 Å². The molecule has 10 heteroatoms. The Balaban J connectivity index is 1.46. The predicted molar refractivity (Wildman–Crippen MR) is 128 cm³/mol. The Morgan fingerprint density at radius 2 is 1.82 bits per heavy atom. The minimum atomic E-state index is -0.319. The van der Waals surface area contributed by atoms with Gasteiger partial charge >= 0.3 is 0 Å². The summed E-state index contributed by atoms with van der Waals surface area (Å²) in [6.45, 7) is 4.98. The van der Waals surface area contributed by atoms with Gasteiger partial charge in [-0.2, -0.15) is 0 Å². The third kappa shape index (κ3) is 5.34. The second kappa shape index (κ2) is 10.4. The number of amides is 1. The molecule has 0 saturated heterocycles. The lowest BCUT2D eigenvalue weighted by molar-refractivity contribution is -0.119. The maximum absolute atomic E-state index is 13.5. The van der Waals surface area contributed by atoms with Crippen molar-refractivity contribution in [2.45, 2.75) is 31.1 Å². The number of nitrogens with one attached hydrogen (secondary N) is 1. The second-order valence-electron chi connectivity index (χ2n) is 8.27. The van der Waals surface area contributed by atoms with Crippen molar-refractivity contribution in [2.75, 3.05) is 33.1 Å². The molecular formula is C24H28FN5O3S. The van der Waals surface area contributed by atoms with E-state index in [0.29, 0.717) is 35.7 Å². The molecule has 2 aromatic carbocycles. The smallest absolute Gasteiger partial charge is 0.230 e. The fraction of sp³-hybridized carbons (Fsp3) is 0.375. The molecule has 1 N–H and O–H groups in total. The van der Waals surface area contributed by atoms with E-state index in [1.54, 1.807) is 12.1 Å². The summed E-state index contributed by atoms with van der Waals surface area (Å²) in [5.41, 5.74) is 1.67. The number of aromatic nitrogens is 3. The fourth-order valence-electron chi connectivity index (χ4n) is 3.53. The van der Waals surface area contributed by atoms with Gasteiger partial charge in [0, 0.05) is 5.69 Å². The number of nitrogens with zero attached hydrogens (tertiary/aromatic N) is 4. The fourth-order valence-corrected chi connectivity index (χ4v) is 4.31. The summed E-state index contributed by atoms with van der Waals surface area (Å²) >= 11 is 1.28. The molecule has 4 rings (SSSR count). The average Bonchev–Trinajstić information content (AvgIpc) is 3.26. The third-order valence-electron chi connectivity index (χ3n) is 5.67. The Morgan fingerprint density at radius 3 is 2.53 bits per heavy atom. The lowest BCUT2D eigenvalue weighted by atomic mass is 10.1. The van der Waals surface area contributed by atoms with E-state index in [-0.39, 0.29) is 29.6 Å². The van der Waals surface area contributed by atoms with E-state index in [1.807, 2.05) is 55.6 Å². The molecule has 1 aromatic heterocycles. The van der Waals surface area contributed by atoms with Crippen molar-refractivity contribution >= 4 is 17.7 Å². The molecule has 3 aromatic rings. The van der Waals surface area contributed by atoms with E-state index in [1.165, 1.54) is 23.9 Å². The van der Waals surface area contributed by atoms with Crippen LogP contribution in [0.5, 0.6) is 11.5 Å². The molecule has 1 amide bonds. The molecular weight excluding hydrogens is 457 g/mol. The van der Waals surface area contributed by atoms with Crippen LogP contribution < -0.4 is 14.8 Å². The van der Waals surface area contributed by atoms with Crippen molar-refractivity contribution in [1.82, 2.24) is 25.0 Å². The van der Waals surface area contributed by atoms with Crippen LogP contribution in [0.1, 0.15) is 37.3 Å². The largest absolute Gasteiger partial charge is 0.486 e. The molecule has 0 radical (unpaired) electrons. The summed E-state index contributed by atoms with van der Waals surface area (Å²) in [4.78, 5) is 14.7. The number of carbonyl (C=O) groups excluding carboxylic acids is 1. The highest BCUT2D eigenvalue weighted by Crippen LogP contribution is 2.33. The molecule has 1 aliphatic rings. The zero-order valence-corrected chi connectivity index (χ0v) is 20.4. The van der Waals surface area contributed by atoms with Crippen molar-refractivity contribution in [3.8, 4) is 17.2 Å². The molecule has 0 fully saturated rings. The lowest BCUT2D eigenvalue weighted by Crippen LogP contribution is -2.28. The van der Waals surface area contributed by atoms with Gasteiger partial charge in [0.15, 0.2) is 22.5 Å². The summed E-state index contributed by atoms with van der Waals surface area (Å²) in [5, 5.41) is 12.3. The first-order chi connectivity index (χ1) is 16.3. The lowest BCUT2D eigenvalue weighted by Gasteiger charge is -2.21. The van der Waals surface area contributed by atoms with Gasteiger partial charge in [-0.25, -0.2) is 4.39 Å². The third-order valence-corrected chi connectivity index (χ3v) is 6.60. The first kappa shape index (κ1) is 24.0. The summed E-state index contributed by atoms with van der Waals surface area (Å²) in [6.07, 6.45) is 0. The maximum Gasteiger partial charge on any atom is 0.230 e. The number of carbonyl (C=O) groups is 1. The highest BCUT2D eigenvalue weighted by molar-refractivity contribution is 7.99. The average molecular weight is 486 g/mol. The summed E-state index contributed by atoms with van der Waals surface area (Å²) in [5.74, 6) is 1.82. The topological polar surface area (TPSA) is 81.5 Å². The van der Waals surface area contributed by atoms with Gasteiger partial charge in [0.05, 0.1) is 17.8 Å². The van der Waals surface area contributed by atoms with Gasteiger partial charge in [-0.1, -0.05) is 17.8 Å². The Labute approximate surface area is 202 Å². The number of hydrogen-bond acceptors (Lipinski definition) is 7. The predicted octanol–water partition coefficient (Wildman–Crippen LogP) is 3.77. The SMILES string of the molecule is C[C@H](c1nnc(SCC(=O)N[C@H](C)c2ccc3c(c2)OCCO3)n1-c1ccc(F)cc1)N(C)C. The maximum atomic E-state index is 13.5. The first-order valence-corrected chi connectivity index (χ1v) is 12.0. The Morgan fingerprint density at radius 1 is 1.12 bits per heavy atom. The van der Waals surface area contributed by atoms with Gasteiger partial charge in [0.2, 0.25) is 5.91 Å². The van der Waals surface area contributed by atoms with E-state index in [2.05, 4.69) is 15.5 Å². The molecule has 8 nitrogen and oxygen atoms in total. The zero-order valence-electron chi connectivity index (χ0n) is 19.6. The van der Waals surface area contributed by atoms with Crippen LogP contribution in [0.2, 0.25) is 0 Å². The van der Waals surface area contributed by atoms with E-state index >= 15 is 0 Å². The normalized spacial score (nSPS) is 14.6. The molecule has 0 saturated carbocycles. The Hall–Kier alpha value is -3.11. The zero-order chi connectivity index (χ0) is 24.2. The summed E-state index contributed by atoms with van der Waals surface area (Å²) < 4.78 is 26.6. The van der Waals surface area contributed by atoms with Gasteiger partial charge in [-0.3, -0.25) is 14.3 Å². The van der Waals surface area contributed by atoms with Crippen molar-refractivity contribution in [3.63, 3.8) is 0 Å². The standard InChI is InChI=1S/C24H28FN5O3S/c1-15(17-5-10-20-21(13-17)33-12-11-32-20)26-22(31)14-34-24-28-27-23(16(2)29(3)4)30(24)19-8-6-18(25)7-9-19/h5-10,13,15-16H,11-12,14H2,1-4H3,(H,26,31)/t15-,16-/m1/s1. The van der Waals surface area contributed by atoms with Gasteiger partial charge in [-0.15, -0.1) is 10.2 Å². The van der Waals surface area contributed by atoms with Crippen molar-refractivity contribution < 1.29 is 18.7 Å². The van der Waals surface area contributed by atoms with E-state index in [0.717, 1.165) is 11.3 Å². The minimum Gasteiger partial charge on any atom is -0.486 e. The van der Waals surface area contributed by atoms with Crippen LogP contribution in [0.4, 0.5) is 4.39 Å². The van der Waals surface area contributed by atoms with Crippen LogP contribution in [0.3, 0.4) is 0 Å². The van der Waals surface area contributed by atoms with Crippen LogP contribution >= 0.6 is 11.8 Å². The molecule has 180 valence electrons. The number of thioether (sulfide) groups is 1. The van der Waals surface area contributed by atoms with Gasteiger partial charge in [0.1, 0.15) is 19.0 Å². The second-order valence-corrected chi connectivity index (χ2v) is 9.22. The number of benzene rings is 2. The van der Waals surface area contributed by atoms with Crippen LogP contribution in [0, 0.1) is 5.82 Å². The van der Waals surface area contributed by atoms with Gasteiger partial charge in [0.25, 0.3) is 0 Å². The van der Waals surface area contributed by atoms with Crippen molar-refractivity contribution in [2.24, 2.45) is 0 Å². The Kier molecular flexibility index (Phi) is 7.38. The van der Waals surface area contributed by atoms with E-state index in [9.17, 15) is 9.18 Å². The van der Waals surface area contributed by atoms with E-state index < -0.39 is 0 Å². The van der Waals surface area contributed by atoms with Crippen molar-refractivity contribution in [3.05, 3.63) is 59.7 Å². The molecule has 34 heavy (non-hydrogen) atoms. The molecule has 0 unspecified atom stereocenters. The quantitative estimate of drug-likeness (QED) is 0.487. The first-order valence-electron chi connectivity index (χ1n) is 11.0. The number of hydrogen-bond donors (Lipinski definition) is 1. The molecule has 2 heterocycles. The van der Waals surface area contributed by atoms with Crippen LogP contribution in [0.25, 0.3) is 5.69 Å². The molecule has 2 atom stereocenters. The molecule has 0 bridgehead atoms. The monoisotopic (exact) mass is 485 g/mol. The van der Waals surface area contributed by atoms with Gasteiger partial charge < -0.3 is 14.8 Å². The minimum absolute atomic E-state index is 0.0315. The van der Waals surface area contributed by atoms with E-state index in [4.69, 9.17) is 9.47 Å². The molecule has 0 aliphatic carbocycles. The highest BCUT2D eigenvalue weighted by atomic mass is 32.2. The number of rotatable bonds is 8. The molecule has 1 aliphatic heterocycles. The van der Waals surface area contributed by atoms with Gasteiger partial charge in [-0.05, 0) is 69.9 Å². The Bertz CT molecular complexity index is 1150. The summed E-state index contributed by atoms with van der Waals surface area (Å²) in [7, 11) is 3.90. The summed E-state index contributed by atoms with van der Waals surface area (Å²) in [6, 6.07) is 11.6. The molecule has 0 spiro atoms. The highest BCUT2D eigenvalue weighted by Gasteiger charge is 2.22. The number of fused-ring (bicyclic) bond motifs is 1. The van der Waals surface area contributed by atoms with Crippen LogP contribution in [-0.2, 0) is 4.79 Å². The number of ether oxygens (including phenoxy) is 2. The number of halogens is 1.